The molecule has 0 saturated carbocycles. The average molecular weight is 218 g/mol. The van der Waals surface area contributed by atoms with Crippen molar-refractivity contribution in [1.82, 2.24) is 10.7 Å². The lowest BCUT2D eigenvalue weighted by Crippen LogP contribution is -2.39. The normalized spacial score (nSPS) is 9.64. The quantitative estimate of drug-likeness (QED) is 0.395. The number of carbonyl (C=O) groups is 1. The fourth-order valence-corrected chi connectivity index (χ4v) is 1.10. The topological polar surface area (TPSA) is 67.1 Å². The van der Waals surface area contributed by atoms with E-state index < -0.39 is 11.8 Å². The standard InChI is InChI=1S/C8H9ClFN3O/c9-6-1-2-7(10)5(3-6)4-12-8(14)13-11/h1-3H,4,11H2,(H2,12,13,14). The Morgan fingerprint density at radius 2 is 2.29 bits per heavy atom. The number of nitrogens with one attached hydrogen (secondary N) is 2. The number of urea groups is 1. The largest absolute Gasteiger partial charge is 0.333 e. The van der Waals surface area contributed by atoms with E-state index in [0.29, 0.717) is 10.6 Å². The highest BCUT2D eigenvalue weighted by Crippen LogP contribution is 2.14. The van der Waals surface area contributed by atoms with Gasteiger partial charge < -0.3 is 5.32 Å². The van der Waals surface area contributed by atoms with Crippen LogP contribution >= 0.6 is 11.6 Å². The predicted molar refractivity (Wildman–Crippen MR) is 51.0 cm³/mol. The van der Waals surface area contributed by atoms with Crippen LogP contribution in [0, 0.1) is 5.82 Å². The molecular weight excluding hydrogens is 209 g/mol. The molecule has 4 N–H and O–H groups in total. The molecule has 4 nitrogen and oxygen atoms in total. The summed E-state index contributed by atoms with van der Waals surface area (Å²) in [4.78, 5) is 10.7. The van der Waals surface area contributed by atoms with E-state index in [0.717, 1.165) is 0 Å². The van der Waals surface area contributed by atoms with Crippen LogP contribution in [0.3, 0.4) is 0 Å². The molecule has 1 aromatic rings. The highest BCUT2D eigenvalue weighted by Gasteiger charge is 2.04. The van der Waals surface area contributed by atoms with Crippen LogP contribution in [0.15, 0.2) is 18.2 Å². The molecule has 0 heterocycles. The van der Waals surface area contributed by atoms with Crippen molar-refractivity contribution in [2.45, 2.75) is 6.54 Å². The minimum absolute atomic E-state index is 0.0371. The molecule has 1 aromatic carbocycles. The van der Waals surface area contributed by atoms with E-state index >= 15 is 0 Å². The molecule has 6 heteroatoms. The number of nitrogens with two attached hydrogens (primary N) is 1. The van der Waals surface area contributed by atoms with E-state index in [2.05, 4.69) is 5.32 Å². The molecule has 0 atom stereocenters. The lowest BCUT2D eigenvalue weighted by atomic mass is 10.2. The second-order valence-electron chi connectivity index (χ2n) is 2.56. The molecule has 0 radical (unpaired) electrons. The van der Waals surface area contributed by atoms with Crippen LogP contribution in [0.25, 0.3) is 0 Å². The molecule has 0 aliphatic rings. The summed E-state index contributed by atoms with van der Waals surface area (Å²) in [6, 6.07) is 3.53. The molecule has 0 unspecified atom stereocenters. The second-order valence-corrected chi connectivity index (χ2v) is 3.00. The summed E-state index contributed by atoms with van der Waals surface area (Å²) in [6.45, 7) is 0.0371. The van der Waals surface area contributed by atoms with Gasteiger partial charge in [-0.15, -0.1) is 0 Å². The Bertz CT molecular complexity index is 345. The minimum Gasteiger partial charge on any atom is -0.333 e. The Hall–Kier alpha value is -1.33. The summed E-state index contributed by atoms with van der Waals surface area (Å²) >= 11 is 5.65. The number of hydrogen-bond acceptors (Lipinski definition) is 2. The van der Waals surface area contributed by atoms with Gasteiger partial charge in [0.05, 0.1) is 0 Å². The monoisotopic (exact) mass is 217 g/mol. The molecule has 0 saturated heterocycles. The van der Waals surface area contributed by atoms with Gasteiger partial charge in [-0.25, -0.2) is 15.0 Å². The SMILES string of the molecule is NNC(=O)NCc1cc(Cl)ccc1F. The van der Waals surface area contributed by atoms with Crippen molar-refractivity contribution in [3.8, 4) is 0 Å². The number of hydrogen-bond donors (Lipinski definition) is 3. The Kier molecular flexibility index (Phi) is 3.67. The zero-order chi connectivity index (χ0) is 10.6. The van der Waals surface area contributed by atoms with Crippen LogP contribution < -0.4 is 16.6 Å². The number of rotatable bonds is 2. The highest BCUT2D eigenvalue weighted by molar-refractivity contribution is 6.30. The molecule has 0 spiro atoms. The number of amides is 2. The van der Waals surface area contributed by atoms with Crippen LogP contribution in [0.1, 0.15) is 5.56 Å². The molecule has 0 bridgehead atoms. The van der Waals surface area contributed by atoms with Gasteiger partial charge in [0.25, 0.3) is 0 Å². The summed E-state index contributed by atoms with van der Waals surface area (Å²) in [5.41, 5.74) is 2.17. The van der Waals surface area contributed by atoms with Crippen molar-refractivity contribution in [3.05, 3.63) is 34.6 Å². The molecule has 0 aliphatic carbocycles. The van der Waals surface area contributed by atoms with Gasteiger partial charge in [-0.3, -0.25) is 5.43 Å². The zero-order valence-electron chi connectivity index (χ0n) is 7.18. The van der Waals surface area contributed by atoms with E-state index in [-0.39, 0.29) is 6.54 Å². The van der Waals surface area contributed by atoms with Crippen molar-refractivity contribution < 1.29 is 9.18 Å². The van der Waals surface area contributed by atoms with Crippen LogP contribution in [0.4, 0.5) is 9.18 Å². The third-order valence-electron chi connectivity index (χ3n) is 1.58. The van der Waals surface area contributed by atoms with Gasteiger partial charge in [-0.1, -0.05) is 11.6 Å². The van der Waals surface area contributed by atoms with Crippen LogP contribution in [-0.4, -0.2) is 6.03 Å². The first-order chi connectivity index (χ1) is 6.63. The zero-order valence-corrected chi connectivity index (χ0v) is 7.94. The minimum atomic E-state index is -0.579. The molecule has 2 amide bonds. The lowest BCUT2D eigenvalue weighted by molar-refractivity contribution is 0.240. The number of carbonyl (C=O) groups excluding carboxylic acids is 1. The van der Waals surface area contributed by atoms with Gasteiger partial charge in [0.1, 0.15) is 5.82 Å². The van der Waals surface area contributed by atoms with Crippen LogP contribution in [0.2, 0.25) is 5.02 Å². The maximum atomic E-state index is 13.1. The first kappa shape index (κ1) is 10.7. The molecule has 0 aliphatic heterocycles. The summed E-state index contributed by atoms with van der Waals surface area (Å²) in [7, 11) is 0. The molecule has 14 heavy (non-hydrogen) atoms. The Morgan fingerprint density at radius 1 is 1.57 bits per heavy atom. The number of halogens is 2. The predicted octanol–water partition coefficient (Wildman–Crippen LogP) is 1.15. The first-order valence-corrected chi connectivity index (χ1v) is 4.19. The maximum Gasteiger partial charge on any atom is 0.329 e. The van der Waals surface area contributed by atoms with E-state index in [4.69, 9.17) is 17.4 Å². The van der Waals surface area contributed by atoms with E-state index in [1.807, 2.05) is 5.43 Å². The van der Waals surface area contributed by atoms with Crippen molar-refractivity contribution in [2.24, 2.45) is 5.84 Å². The average Bonchev–Trinajstić information content (AvgIpc) is 2.19. The van der Waals surface area contributed by atoms with Gasteiger partial charge in [-0.05, 0) is 18.2 Å². The van der Waals surface area contributed by atoms with Crippen molar-refractivity contribution >= 4 is 17.6 Å². The van der Waals surface area contributed by atoms with Crippen molar-refractivity contribution in [1.29, 1.82) is 0 Å². The molecular formula is C8H9ClFN3O. The van der Waals surface area contributed by atoms with Gasteiger partial charge in [0.2, 0.25) is 0 Å². The van der Waals surface area contributed by atoms with E-state index in [9.17, 15) is 9.18 Å². The third kappa shape index (κ3) is 2.86. The Balaban J connectivity index is 2.66. The van der Waals surface area contributed by atoms with Gasteiger partial charge in [0, 0.05) is 17.1 Å². The van der Waals surface area contributed by atoms with Crippen molar-refractivity contribution in [3.63, 3.8) is 0 Å². The molecule has 76 valence electrons. The number of benzene rings is 1. The van der Waals surface area contributed by atoms with E-state index in [1.165, 1.54) is 18.2 Å². The molecule has 0 aromatic heterocycles. The van der Waals surface area contributed by atoms with Gasteiger partial charge >= 0.3 is 6.03 Å². The second kappa shape index (κ2) is 4.78. The summed E-state index contributed by atoms with van der Waals surface area (Å²) < 4.78 is 13.1. The fraction of sp³-hybridized carbons (Fsp3) is 0.125. The fourth-order valence-electron chi connectivity index (χ4n) is 0.905. The maximum absolute atomic E-state index is 13.1. The van der Waals surface area contributed by atoms with E-state index in [1.54, 1.807) is 0 Å². The summed E-state index contributed by atoms with van der Waals surface area (Å²) in [5, 5.41) is 2.76. The summed E-state index contributed by atoms with van der Waals surface area (Å²) in [6.07, 6.45) is 0. The highest BCUT2D eigenvalue weighted by atomic mass is 35.5. The van der Waals surface area contributed by atoms with Crippen LogP contribution in [0.5, 0.6) is 0 Å². The molecule has 0 fully saturated rings. The van der Waals surface area contributed by atoms with Crippen molar-refractivity contribution in [2.75, 3.05) is 0 Å². The first-order valence-electron chi connectivity index (χ1n) is 3.82. The Morgan fingerprint density at radius 3 is 2.93 bits per heavy atom. The van der Waals surface area contributed by atoms with Gasteiger partial charge in [0.15, 0.2) is 0 Å². The number of hydrazine groups is 1. The smallest absolute Gasteiger partial charge is 0.329 e. The van der Waals surface area contributed by atoms with Crippen LogP contribution in [-0.2, 0) is 6.54 Å². The van der Waals surface area contributed by atoms with Gasteiger partial charge in [-0.2, -0.15) is 0 Å². The summed E-state index contributed by atoms with van der Waals surface area (Å²) in [5.74, 6) is 4.40. The third-order valence-corrected chi connectivity index (χ3v) is 1.81. The Labute approximate surface area is 85.2 Å². The molecule has 1 rings (SSSR count). The lowest BCUT2D eigenvalue weighted by Gasteiger charge is -2.05.